The minimum atomic E-state index is -0.787. The molecule has 5 rings (SSSR count). The van der Waals surface area contributed by atoms with Gasteiger partial charge in [0.2, 0.25) is 5.13 Å². The summed E-state index contributed by atoms with van der Waals surface area (Å²) in [7, 11) is 1.61. The van der Waals surface area contributed by atoms with Crippen molar-refractivity contribution in [1.29, 1.82) is 0 Å². The Bertz CT molecular complexity index is 1320. The molecule has 1 saturated carbocycles. The van der Waals surface area contributed by atoms with Crippen LogP contribution in [-0.2, 0) is 19.7 Å². The van der Waals surface area contributed by atoms with Crippen molar-refractivity contribution < 1.29 is 19.4 Å². The van der Waals surface area contributed by atoms with Crippen LogP contribution in [0.15, 0.2) is 59.1 Å². The van der Waals surface area contributed by atoms with E-state index in [1.54, 1.807) is 19.3 Å². The highest BCUT2D eigenvalue weighted by Crippen LogP contribution is 2.45. The molecule has 1 unspecified atom stereocenters. The highest BCUT2D eigenvalue weighted by atomic mass is 32.1. The average molecular weight is 534 g/mol. The number of aromatic nitrogens is 2. The van der Waals surface area contributed by atoms with E-state index in [4.69, 9.17) is 4.74 Å². The van der Waals surface area contributed by atoms with Crippen molar-refractivity contribution in [2.75, 3.05) is 12.0 Å². The maximum atomic E-state index is 13.8. The van der Waals surface area contributed by atoms with Crippen LogP contribution in [0.3, 0.4) is 0 Å². The molecule has 38 heavy (non-hydrogen) atoms. The summed E-state index contributed by atoms with van der Waals surface area (Å²) in [6.45, 7) is 6.42. The van der Waals surface area contributed by atoms with E-state index in [1.165, 1.54) is 35.5 Å². The van der Waals surface area contributed by atoms with E-state index < -0.39 is 17.7 Å². The number of aliphatic hydroxyl groups excluding tert-OH is 1. The predicted octanol–water partition coefficient (Wildman–Crippen LogP) is 6.60. The molecule has 3 aliphatic rings. The Hall–Kier alpha value is -3.26. The monoisotopic (exact) mass is 533 g/mol. The SMILES string of the molecule is COC1=CC=C(C(=O)C2=C(O)C(=O)N(c3nnc(C4CCCCC4)s3)C2c2ccc(C(C)(C)C)cc2)CC1. The van der Waals surface area contributed by atoms with Crippen molar-refractivity contribution in [2.24, 2.45) is 0 Å². The van der Waals surface area contributed by atoms with Gasteiger partial charge in [-0.15, -0.1) is 10.2 Å². The summed E-state index contributed by atoms with van der Waals surface area (Å²) in [4.78, 5) is 28.8. The van der Waals surface area contributed by atoms with Crippen molar-refractivity contribution in [3.05, 3.63) is 75.2 Å². The third kappa shape index (κ3) is 4.94. The molecule has 2 heterocycles. The Morgan fingerprint density at radius 3 is 2.37 bits per heavy atom. The van der Waals surface area contributed by atoms with Crippen molar-refractivity contribution in [2.45, 2.75) is 83.1 Å². The lowest BCUT2D eigenvalue weighted by Gasteiger charge is -2.26. The van der Waals surface area contributed by atoms with E-state index in [1.807, 2.05) is 24.3 Å². The van der Waals surface area contributed by atoms with Gasteiger partial charge in [0.25, 0.3) is 5.91 Å². The molecule has 200 valence electrons. The standard InChI is InChI=1S/C30H35N3O4S/c1-30(2,3)21-14-10-18(11-15-21)24-23(25(34)19-12-16-22(37-4)17-13-19)26(35)28(36)33(24)29-32-31-27(38-29)20-8-6-5-7-9-20/h10-12,14-16,20,24,35H,5-9,13,17H2,1-4H3. The smallest absolute Gasteiger partial charge is 0.296 e. The van der Waals surface area contributed by atoms with E-state index in [0.29, 0.717) is 29.5 Å². The molecule has 2 aromatic rings. The van der Waals surface area contributed by atoms with E-state index in [-0.39, 0.29) is 16.8 Å². The maximum absolute atomic E-state index is 13.8. The van der Waals surface area contributed by atoms with Gasteiger partial charge in [0, 0.05) is 17.9 Å². The second kappa shape index (κ2) is 10.5. The Morgan fingerprint density at radius 1 is 1.05 bits per heavy atom. The highest BCUT2D eigenvalue weighted by Gasteiger charge is 2.46. The van der Waals surface area contributed by atoms with Gasteiger partial charge in [0.05, 0.1) is 24.5 Å². The van der Waals surface area contributed by atoms with Crippen LogP contribution in [0.1, 0.15) is 93.8 Å². The Balaban J connectivity index is 1.56. The molecule has 7 nitrogen and oxygen atoms in total. The molecule has 0 spiro atoms. The fraction of sp³-hybridized carbons (Fsp3) is 0.467. The van der Waals surface area contributed by atoms with Gasteiger partial charge in [0.1, 0.15) is 5.01 Å². The zero-order chi connectivity index (χ0) is 27.0. The summed E-state index contributed by atoms with van der Waals surface area (Å²) in [5, 5.41) is 21.3. The number of hydrogen-bond donors (Lipinski definition) is 1. The minimum absolute atomic E-state index is 0.0488. The zero-order valence-electron chi connectivity index (χ0n) is 22.5. The van der Waals surface area contributed by atoms with Crippen LogP contribution in [0, 0.1) is 0 Å². The fourth-order valence-electron chi connectivity index (χ4n) is 5.50. The van der Waals surface area contributed by atoms with Crippen molar-refractivity contribution in [3.63, 3.8) is 0 Å². The number of allylic oxidation sites excluding steroid dienone is 4. The molecule has 1 aromatic carbocycles. The van der Waals surface area contributed by atoms with Crippen molar-refractivity contribution in [1.82, 2.24) is 10.2 Å². The van der Waals surface area contributed by atoms with Gasteiger partial charge in [-0.1, -0.05) is 81.7 Å². The normalized spacial score (nSPS) is 21.0. The summed E-state index contributed by atoms with van der Waals surface area (Å²) in [6, 6.07) is 7.15. The number of ether oxygens (including phenoxy) is 1. The second-order valence-electron chi connectivity index (χ2n) is 11.3. The number of Topliss-reactive ketones (excluding diaryl/α,β-unsaturated/α-hetero) is 1. The van der Waals surface area contributed by atoms with Crippen molar-refractivity contribution in [3.8, 4) is 0 Å². The molecule has 1 aliphatic heterocycles. The number of carbonyl (C=O) groups excluding carboxylic acids is 2. The van der Waals surface area contributed by atoms with E-state index in [9.17, 15) is 14.7 Å². The lowest BCUT2D eigenvalue weighted by Crippen LogP contribution is -2.31. The number of aliphatic hydroxyl groups is 1. The molecular formula is C30H35N3O4S. The molecule has 8 heteroatoms. The maximum Gasteiger partial charge on any atom is 0.296 e. The first-order valence-corrected chi connectivity index (χ1v) is 14.2. The van der Waals surface area contributed by atoms with Gasteiger partial charge in [-0.25, -0.2) is 0 Å². The number of amides is 1. The van der Waals surface area contributed by atoms with Crippen LogP contribution in [0.25, 0.3) is 0 Å². The van der Waals surface area contributed by atoms with E-state index in [2.05, 4.69) is 31.0 Å². The minimum Gasteiger partial charge on any atom is -0.503 e. The van der Waals surface area contributed by atoms with Crippen LogP contribution in [-0.4, -0.2) is 34.1 Å². The number of nitrogens with zero attached hydrogens (tertiary/aromatic N) is 3. The van der Waals surface area contributed by atoms with Crippen LogP contribution in [0.2, 0.25) is 0 Å². The first-order chi connectivity index (χ1) is 18.2. The van der Waals surface area contributed by atoms with Gasteiger partial charge in [-0.2, -0.15) is 0 Å². The van der Waals surface area contributed by atoms with Crippen LogP contribution < -0.4 is 4.90 Å². The molecule has 0 bridgehead atoms. The van der Waals surface area contributed by atoms with E-state index in [0.717, 1.165) is 34.7 Å². The Morgan fingerprint density at radius 2 is 1.76 bits per heavy atom. The molecule has 1 aromatic heterocycles. The summed E-state index contributed by atoms with van der Waals surface area (Å²) in [5.74, 6) is -0.325. The number of carbonyl (C=O) groups is 2. The van der Waals surface area contributed by atoms with Gasteiger partial charge < -0.3 is 9.84 Å². The second-order valence-corrected chi connectivity index (χ2v) is 12.3. The third-order valence-corrected chi connectivity index (χ3v) is 8.89. The largest absolute Gasteiger partial charge is 0.503 e. The van der Waals surface area contributed by atoms with Crippen molar-refractivity contribution >= 4 is 28.2 Å². The Kier molecular flexibility index (Phi) is 7.27. The molecule has 1 N–H and O–H groups in total. The summed E-state index contributed by atoms with van der Waals surface area (Å²) < 4.78 is 5.31. The molecule has 1 atom stereocenters. The van der Waals surface area contributed by atoms with Crippen LogP contribution in [0.4, 0.5) is 5.13 Å². The molecule has 2 aliphatic carbocycles. The number of anilines is 1. The van der Waals surface area contributed by atoms with Crippen LogP contribution in [0.5, 0.6) is 0 Å². The van der Waals surface area contributed by atoms with E-state index >= 15 is 0 Å². The lowest BCUT2D eigenvalue weighted by atomic mass is 9.85. The number of methoxy groups -OCH3 is 1. The first kappa shape index (κ1) is 26.4. The number of hydrogen-bond acceptors (Lipinski definition) is 7. The molecule has 1 fully saturated rings. The van der Waals surface area contributed by atoms with Gasteiger partial charge in [-0.05, 0) is 41.9 Å². The molecular weight excluding hydrogens is 498 g/mol. The first-order valence-electron chi connectivity index (χ1n) is 13.4. The molecule has 0 saturated heterocycles. The van der Waals surface area contributed by atoms with Gasteiger partial charge in [0.15, 0.2) is 11.5 Å². The third-order valence-electron chi connectivity index (χ3n) is 7.80. The number of rotatable bonds is 6. The zero-order valence-corrected chi connectivity index (χ0v) is 23.3. The summed E-state index contributed by atoms with van der Waals surface area (Å²) >= 11 is 1.39. The van der Waals surface area contributed by atoms with Crippen LogP contribution >= 0.6 is 11.3 Å². The summed E-state index contributed by atoms with van der Waals surface area (Å²) in [5.41, 5.74) is 2.47. The highest BCUT2D eigenvalue weighted by molar-refractivity contribution is 7.15. The van der Waals surface area contributed by atoms with Gasteiger partial charge in [-0.3, -0.25) is 14.5 Å². The Labute approximate surface area is 227 Å². The fourth-order valence-corrected chi connectivity index (χ4v) is 6.54. The summed E-state index contributed by atoms with van der Waals surface area (Å²) in [6.07, 6.45) is 10.3. The topological polar surface area (TPSA) is 92.6 Å². The molecule has 0 radical (unpaired) electrons. The van der Waals surface area contributed by atoms with Gasteiger partial charge >= 0.3 is 0 Å². The molecule has 1 amide bonds. The predicted molar refractivity (Wildman–Crippen MR) is 148 cm³/mol. The average Bonchev–Trinajstić information content (AvgIpc) is 3.51. The number of benzene rings is 1. The quantitative estimate of drug-likeness (QED) is 0.450. The number of ketones is 1. The lowest BCUT2D eigenvalue weighted by molar-refractivity contribution is -0.117.